The van der Waals surface area contributed by atoms with Crippen LogP contribution in [0.1, 0.15) is 24.1 Å². The highest BCUT2D eigenvalue weighted by Gasteiger charge is 2.00. The topological polar surface area (TPSA) is 15.6 Å². The van der Waals surface area contributed by atoms with Crippen molar-refractivity contribution in [3.05, 3.63) is 65.7 Å². The monoisotopic (exact) mass is 252 g/mol. The second-order valence-electron chi connectivity index (χ2n) is 4.85. The summed E-state index contributed by atoms with van der Waals surface area (Å²) >= 11 is 0. The van der Waals surface area contributed by atoms with Crippen LogP contribution in [0, 0.1) is 0 Å². The van der Waals surface area contributed by atoms with E-state index in [-0.39, 0.29) is 6.04 Å². The Morgan fingerprint density at radius 1 is 0.947 bits per heavy atom. The third-order valence-corrected chi connectivity index (χ3v) is 3.14. The van der Waals surface area contributed by atoms with Gasteiger partial charge in [0.25, 0.3) is 0 Å². The molecule has 2 heteroatoms. The lowest BCUT2D eigenvalue weighted by atomic mass is 10.1. The third-order valence-electron chi connectivity index (χ3n) is 3.14. The summed E-state index contributed by atoms with van der Waals surface area (Å²) in [6, 6.07) is 18.9. The molecule has 98 valence electrons. The van der Waals surface area contributed by atoms with Gasteiger partial charge in [-0.05, 0) is 30.2 Å². The standard InChI is InChI=1S/C17H20N2/c1-14(16-7-5-4-6-8-16)18-13-15-9-11-17(12-10-15)19(2)3/h4-14H,1-3H3. The quantitative estimate of drug-likeness (QED) is 0.753. The summed E-state index contributed by atoms with van der Waals surface area (Å²) < 4.78 is 0. The van der Waals surface area contributed by atoms with Crippen molar-refractivity contribution in [3.8, 4) is 0 Å². The minimum absolute atomic E-state index is 0.190. The molecule has 0 fully saturated rings. The van der Waals surface area contributed by atoms with Gasteiger partial charge in [-0.2, -0.15) is 0 Å². The van der Waals surface area contributed by atoms with E-state index in [9.17, 15) is 0 Å². The van der Waals surface area contributed by atoms with Crippen LogP contribution in [0.3, 0.4) is 0 Å². The first kappa shape index (κ1) is 13.3. The van der Waals surface area contributed by atoms with Crippen molar-refractivity contribution in [2.75, 3.05) is 19.0 Å². The number of rotatable bonds is 4. The highest BCUT2D eigenvalue weighted by atomic mass is 15.1. The summed E-state index contributed by atoms with van der Waals surface area (Å²) in [7, 11) is 4.08. The van der Waals surface area contributed by atoms with Crippen molar-refractivity contribution < 1.29 is 0 Å². The normalized spacial score (nSPS) is 12.6. The van der Waals surface area contributed by atoms with Gasteiger partial charge in [-0.3, -0.25) is 4.99 Å². The Morgan fingerprint density at radius 2 is 1.58 bits per heavy atom. The van der Waals surface area contributed by atoms with Crippen LogP contribution in [0.25, 0.3) is 0 Å². The molecule has 2 aromatic carbocycles. The van der Waals surface area contributed by atoms with Crippen molar-refractivity contribution in [1.82, 2.24) is 0 Å². The SMILES string of the molecule is CC(N=Cc1ccc(N(C)C)cc1)c1ccccc1. The van der Waals surface area contributed by atoms with E-state index in [1.807, 2.05) is 38.5 Å². The van der Waals surface area contributed by atoms with Crippen LogP contribution in [0.2, 0.25) is 0 Å². The third kappa shape index (κ3) is 3.68. The van der Waals surface area contributed by atoms with E-state index in [2.05, 4.69) is 53.2 Å². The van der Waals surface area contributed by atoms with Crippen LogP contribution in [0.5, 0.6) is 0 Å². The van der Waals surface area contributed by atoms with Gasteiger partial charge >= 0.3 is 0 Å². The number of hydrogen-bond donors (Lipinski definition) is 0. The highest BCUT2D eigenvalue weighted by molar-refractivity contribution is 5.80. The van der Waals surface area contributed by atoms with Crippen LogP contribution >= 0.6 is 0 Å². The van der Waals surface area contributed by atoms with Gasteiger partial charge in [0.05, 0.1) is 6.04 Å². The summed E-state index contributed by atoms with van der Waals surface area (Å²) in [5.74, 6) is 0. The largest absolute Gasteiger partial charge is 0.378 e. The predicted molar refractivity (Wildman–Crippen MR) is 83.2 cm³/mol. The molecule has 0 amide bonds. The smallest absolute Gasteiger partial charge is 0.0721 e. The zero-order valence-corrected chi connectivity index (χ0v) is 11.7. The first-order valence-electron chi connectivity index (χ1n) is 6.52. The Labute approximate surface area is 115 Å². The minimum Gasteiger partial charge on any atom is -0.378 e. The molecule has 0 heterocycles. The summed E-state index contributed by atoms with van der Waals surface area (Å²) in [6.45, 7) is 2.11. The molecule has 2 nitrogen and oxygen atoms in total. The maximum atomic E-state index is 4.60. The Morgan fingerprint density at radius 3 is 2.16 bits per heavy atom. The van der Waals surface area contributed by atoms with Gasteiger partial charge in [0, 0.05) is 26.0 Å². The Bertz CT molecular complexity index is 527. The average molecular weight is 252 g/mol. The lowest BCUT2D eigenvalue weighted by molar-refractivity contribution is 0.825. The first-order valence-corrected chi connectivity index (χ1v) is 6.52. The molecule has 0 N–H and O–H groups in total. The average Bonchev–Trinajstić information content (AvgIpc) is 2.46. The second-order valence-corrected chi connectivity index (χ2v) is 4.85. The van der Waals surface area contributed by atoms with E-state index in [0.29, 0.717) is 0 Å². The van der Waals surface area contributed by atoms with Crippen LogP contribution in [-0.4, -0.2) is 20.3 Å². The molecule has 1 atom stereocenters. The maximum absolute atomic E-state index is 4.60. The van der Waals surface area contributed by atoms with Gasteiger partial charge in [0.2, 0.25) is 0 Å². The fourth-order valence-corrected chi connectivity index (χ4v) is 1.87. The molecule has 0 aliphatic rings. The van der Waals surface area contributed by atoms with E-state index >= 15 is 0 Å². The molecular weight excluding hydrogens is 232 g/mol. The maximum Gasteiger partial charge on any atom is 0.0721 e. The van der Waals surface area contributed by atoms with E-state index in [1.165, 1.54) is 11.3 Å². The van der Waals surface area contributed by atoms with Crippen LogP contribution < -0.4 is 4.90 Å². The van der Waals surface area contributed by atoms with Gasteiger partial charge in [-0.15, -0.1) is 0 Å². The molecule has 2 rings (SSSR count). The van der Waals surface area contributed by atoms with E-state index < -0.39 is 0 Å². The molecule has 0 radical (unpaired) electrons. The lowest BCUT2D eigenvalue weighted by Crippen LogP contribution is -2.08. The van der Waals surface area contributed by atoms with Crippen molar-refractivity contribution in [2.24, 2.45) is 4.99 Å². The summed E-state index contributed by atoms with van der Waals surface area (Å²) in [6.07, 6.45) is 1.94. The Kier molecular flexibility index (Phi) is 4.35. The zero-order valence-electron chi connectivity index (χ0n) is 11.7. The summed E-state index contributed by atoms with van der Waals surface area (Å²) in [5.41, 5.74) is 3.57. The molecule has 0 aliphatic carbocycles. The van der Waals surface area contributed by atoms with Crippen LogP contribution in [0.15, 0.2) is 59.6 Å². The molecular formula is C17H20N2. The van der Waals surface area contributed by atoms with Gasteiger partial charge < -0.3 is 4.90 Å². The van der Waals surface area contributed by atoms with Crippen LogP contribution in [0.4, 0.5) is 5.69 Å². The molecule has 0 spiro atoms. The molecule has 2 aromatic rings. The highest BCUT2D eigenvalue weighted by Crippen LogP contribution is 2.16. The van der Waals surface area contributed by atoms with Crippen molar-refractivity contribution in [3.63, 3.8) is 0 Å². The number of nitrogens with zero attached hydrogens (tertiary/aromatic N) is 2. The number of anilines is 1. The van der Waals surface area contributed by atoms with Crippen molar-refractivity contribution in [2.45, 2.75) is 13.0 Å². The van der Waals surface area contributed by atoms with Gasteiger partial charge in [0.1, 0.15) is 0 Å². The predicted octanol–water partition coefficient (Wildman–Crippen LogP) is 3.93. The Hall–Kier alpha value is -2.09. The molecule has 19 heavy (non-hydrogen) atoms. The molecule has 1 unspecified atom stereocenters. The molecule has 0 aromatic heterocycles. The fourth-order valence-electron chi connectivity index (χ4n) is 1.87. The second kappa shape index (κ2) is 6.19. The molecule has 0 aliphatic heterocycles. The van der Waals surface area contributed by atoms with Crippen LogP contribution in [-0.2, 0) is 0 Å². The molecule has 0 saturated carbocycles. The zero-order chi connectivity index (χ0) is 13.7. The van der Waals surface area contributed by atoms with E-state index in [0.717, 1.165) is 5.56 Å². The lowest BCUT2D eigenvalue weighted by Gasteiger charge is -2.12. The summed E-state index contributed by atoms with van der Waals surface area (Å²) in [4.78, 5) is 6.69. The van der Waals surface area contributed by atoms with Gasteiger partial charge in [-0.25, -0.2) is 0 Å². The minimum atomic E-state index is 0.190. The molecule has 0 bridgehead atoms. The van der Waals surface area contributed by atoms with Gasteiger partial charge in [0.15, 0.2) is 0 Å². The number of benzene rings is 2. The number of hydrogen-bond acceptors (Lipinski definition) is 2. The van der Waals surface area contributed by atoms with Gasteiger partial charge in [-0.1, -0.05) is 42.5 Å². The Balaban J connectivity index is 2.06. The summed E-state index contributed by atoms with van der Waals surface area (Å²) in [5, 5.41) is 0. The van der Waals surface area contributed by atoms with E-state index in [4.69, 9.17) is 0 Å². The first-order chi connectivity index (χ1) is 9.16. The van der Waals surface area contributed by atoms with E-state index in [1.54, 1.807) is 0 Å². The van der Waals surface area contributed by atoms with Crippen molar-refractivity contribution in [1.29, 1.82) is 0 Å². The number of aliphatic imine (C=N–C) groups is 1. The van der Waals surface area contributed by atoms with Crippen molar-refractivity contribution >= 4 is 11.9 Å². The molecule has 0 saturated heterocycles. The fraction of sp³-hybridized carbons (Fsp3) is 0.235.